The number of ether oxygens (including phenoxy) is 2. The molecule has 22 heavy (non-hydrogen) atoms. The maximum Gasteiger partial charge on any atom is 0.342 e. The standard InChI is InChI=1S/C16H16N4O2/c1-10-6-4-5-7-11(10)12-14(8-17)13(19)20-16(21-2,22-3)15(12,14)9-18/h4-7,12H,1-3H3,(H2,19,20)/p+1/t12-,14+,15+/m0/s1. The number of amidine groups is 1. The average Bonchev–Trinajstić information content (AvgIpc) is 3.10. The van der Waals surface area contributed by atoms with E-state index in [0.29, 0.717) is 0 Å². The molecule has 0 saturated heterocycles. The Balaban J connectivity index is 2.29. The minimum absolute atomic E-state index is 0.216. The number of rotatable bonds is 3. The van der Waals surface area contributed by atoms with Gasteiger partial charge in [-0.2, -0.15) is 10.5 Å². The fraction of sp³-hybridized carbons (Fsp3) is 0.438. The summed E-state index contributed by atoms with van der Waals surface area (Å²) < 4.78 is 11.0. The summed E-state index contributed by atoms with van der Waals surface area (Å²) >= 11 is 0. The van der Waals surface area contributed by atoms with Crippen molar-refractivity contribution in [3.8, 4) is 12.1 Å². The first kappa shape index (κ1) is 14.5. The van der Waals surface area contributed by atoms with Crippen LogP contribution in [0.5, 0.6) is 0 Å². The molecule has 1 saturated carbocycles. The predicted molar refractivity (Wildman–Crippen MR) is 76.9 cm³/mol. The third kappa shape index (κ3) is 1.20. The first-order valence-electron chi connectivity index (χ1n) is 6.90. The van der Waals surface area contributed by atoms with Crippen LogP contribution < -0.4 is 10.7 Å². The summed E-state index contributed by atoms with van der Waals surface area (Å²) in [5.74, 6) is -1.63. The van der Waals surface area contributed by atoms with E-state index in [2.05, 4.69) is 17.1 Å². The third-order valence-electron chi connectivity index (χ3n) is 5.08. The van der Waals surface area contributed by atoms with Crippen molar-refractivity contribution in [2.75, 3.05) is 14.2 Å². The zero-order chi connectivity index (χ0) is 16.2. The van der Waals surface area contributed by atoms with Crippen molar-refractivity contribution in [1.29, 1.82) is 10.5 Å². The second-order valence-corrected chi connectivity index (χ2v) is 5.69. The Labute approximate surface area is 128 Å². The molecule has 1 aromatic rings. The lowest BCUT2D eigenvalue weighted by atomic mass is 9.93. The quantitative estimate of drug-likeness (QED) is 0.732. The third-order valence-corrected chi connectivity index (χ3v) is 5.08. The van der Waals surface area contributed by atoms with E-state index in [1.807, 2.05) is 31.2 Å². The molecule has 1 heterocycles. The van der Waals surface area contributed by atoms with Gasteiger partial charge in [-0.15, -0.1) is 0 Å². The van der Waals surface area contributed by atoms with Gasteiger partial charge in [0, 0.05) is 20.1 Å². The zero-order valence-electron chi connectivity index (χ0n) is 12.7. The maximum atomic E-state index is 9.93. The number of benzene rings is 1. The van der Waals surface area contributed by atoms with Crippen molar-refractivity contribution in [2.45, 2.75) is 18.8 Å². The van der Waals surface area contributed by atoms with Gasteiger partial charge < -0.3 is 9.47 Å². The van der Waals surface area contributed by atoms with Gasteiger partial charge in [0.05, 0.1) is 12.1 Å². The Morgan fingerprint density at radius 2 is 1.82 bits per heavy atom. The van der Waals surface area contributed by atoms with Crippen LogP contribution in [0.25, 0.3) is 0 Å². The van der Waals surface area contributed by atoms with Gasteiger partial charge in [0.1, 0.15) is 0 Å². The highest BCUT2D eigenvalue weighted by atomic mass is 16.7. The summed E-state index contributed by atoms with van der Waals surface area (Å²) in [6.07, 6.45) is 0. The molecule has 0 aromatic heterocycles. The Morgan fingerprint density at radius 1 is 1.18 bits per heavy atom. The molecule has 3 rings (SSSR count). The largest absolute Gasteiger partial charge is 0.342 e. The van der Waals surface area contributed by atoms with Gasteiger partial charge in [-0.25, -0.2) is 4.99 Å². The fourth-order valence-electron chi connectivity index (χ4n) is 3.99. The highest BCUT2D eigenvalue weighted by Crippen LogP contribution is 2.78. The molecule has 0 radical (unpaired) electrons. The number of nitrogens with one attached hydrogen (secondary N) is 1. The number of aryl methyl sites for hydroxylation is 1. The van der Waals surface area contributed by atoms with Crippen molar-refractivity contribution in [2.24, 2.45) is 16.6 Å². The molecule has 6 nitrogen and oxygen atoms in total. The maximum absolute atomic E-state index is 9.93. The van der Waals surface area contributed by atoms with E-state index >= 15 is 0 Å². The van der Waals surface area contributed by atoms with Crippen LogP contribution in [0, 0.1) is 40.4 Å². The molecule has 1 aliphatic carbocycles. The Bertz CT molecular complexity index is 756. The molecule has 0 spiro atoms. The molecular formula is C16H17N4O2+. The van der Waals surface area contributed by atoms with Crippen LogP contribution in [0.4, 0.5) is 0 Å². The lowest BCUT2D eigenvalue weighted by Gasteiger charge is -2.27. The number of nitrogens with two attached hydrogens (primary N) is 1. The van der Waals surface area contributed by atoms with Crippen LogP contribution in [-0.2, 0) is 9.47 Å². The molecule has 0 bridgehead atoms. The molecule has 0 amide bonds. The van der Waals surface area contributed by atoms with Crippen LogP contribution in [0.3, 0.4) is 0 Å². The van der Waals surface area contributed by atoms with Crippen LogP contribution in [0.2, 0.25) is 0 Å². The molecule has 3 N–H and O–H groups in total. The number of nitrogens with zero attached hydrogens (tertiary/aromatic N) is 2. The monoisotopic (exact) mass is 297 g/mol. The summed E-state index contributed by atoms with van der Waals surface area (Å²) in [6.45, 7) is 1.95. The van der Waals surface area contributed by atoms with E-state index in [0.717, 1.165) is 11.1 Å². The van der Waals surface area contributed by atoms with Crippen LogP contribution in [0.15, 0.2) is 24.3 Å². The van der Waals surface area contributed by atoms with Crippen LogP contribution >= 0.6 is 0 Å². The number of hydrogen-bond acceptors (Lipinski definition) is 5. The van der Waals surface area contributed by atoms with Crippen molar-refractivity contribution in [3.63, 3.8) is 0 Å². The van der Waals surface area contributed by atoms with Gasteiger partial charge in [-0.3, -0.25) is 5.73 Å². The highest BCUT2D eigenvalue weighted by Gasteiger charge is 2.97. The zero-order valence-corrected chi connectivity index (χ0v) is 12.7. The Hall–Kier alpha value is -2.41. The smallest absolute Gasteiger partial charge is 0.317 e. The summed E-state index contributed by atoms with van der Waals surface area (Å²) in [7, 11) is 2.87. The summed E-state index contributed by atoms with van der Waals surface area (Å²) in [5.41, 5.74) is 5.62. The van der Waals surface area contributed by atoms with E-state index in [4.69, 9.17) is 15.2 Å². The van der Waals surface area contributed by atoms with Crippen molar-refractivity contribution in [1.82, 2.24) is 0 Å². The SMILES string of the molecule is COC1(OC)[NH+]=C(N)[C@@]2(C#N)[C@H](c3ccccc3C)[C@@]12C#N. The summed E-state index contributed by atoms with van der Waals surface area (Å²) in [6, 6.07) is 12.2. The Morgan fingerprint density at radius 3 is 2.32 bits per heavy atom. The minimum atomic E-state index is -1.44. The number of fused-ring (bicyclic) bond motifs is 1. The normalized spacial score (nSPS) is 34.2. The van der Waals surface area contributed by atoms with Crippen LogP contribution in [-0.4, -0.2) is 26.0 Å². The molecule has 1 aliphatic heterocycles. The number of methoxy groups -OCH3 is 2. The first-order valence-corrected chi connectivity index (χ1v) is 6.90. The van der Waals surface area contributed by atoms with Crippen LogP contribution in [0.1, 0.15) is 17.0 Å². The molecule has 3 atom stereocenters. The molecule has 112 valence electrons. The molecule has 1 fully saturated rings. The topological polar surface area (TPSA) is 106 Å². The molecule has 1 aromatic carbocycles. The van der Waals surface area contributed by atoms with Gasteiger partial charge >= 0.3 is 5.91 Å². The second-order valence-electron chi connectivity index (χ2n) is 5.69. The number of hydrogen-bond donors (Lipinski definition) is 2. The van der Waals surface area contributed by atoms with Gasteiger partial charge in [0.2, 0.25) is 0 Å². The Kier molecular flexibility index (Phi) is 2.84. The van der Waals surface area contributed by atoms with E-state index < -0.39 is 22.7 Å². The predicted octanol–water partition coefficient (Wildman–Crippen LogP) is -0.490. The summed E-state index contributed by atoms with van der Waals surface area (Å²) in [4.78, 5) is 2.87. The lowest BCUT2D eigenvalue weighted by molar-refractivity contribution is -0.687. The van der Waals surface area contributed by atoms with E-state index in [1.54, 1.807) is 0 Å². The molecule has 6 heteroatoms. The van der Waals surface area contributed by atoms with Gasteiger partial charge in [-0.1, -0.05) is 24.3 Å². The van der Waals surface area contributed by atoms with E-state index in [1.165, 1.54) is 14.2 Å². The van der Waals surface area contributed by atoms with Gasteiger partial charge in [0.15, 0.2) is 10.8 Å². The average molecular weight is 297 g/mol. The highest BCUT2D eigenvalue weighted by molar-refractivity contribution is 5.95. The van der Waals surface area contributed by atoms with Crippen molar-refractivity contribution in [3.05, 3.63) is 35.4 Å². The van der Waals surface area contributed by atoms with E-state index in [9.17, 15) is 10.5 Å². The first-order chi connectivity index (χ1) is 10.5. The fourth-order valence-corrected chi connectivity index (χ4v) is 3.99. The summed E-state index contributed by atoms with van der Waals surface area (Å²) in [5, 5.41) is 19.8. The second kappa shape index (κ2) is 4.30. The molecule has 2 aliphatic rings. The molecular weight excluding hydrogens is 280 g/mol. The van der Waals surface area contributed by atoms with Crippen molar-refractivity contribution >= 4 is 5.84 Å². The number of nitriles is 2. The van der Waals surface area contributed by atoms with Crippen molar-refractivity contribution < 1.29 is 14.5 Å². The lowest BCUT2D eigenvalue weighted by Crippen LogP contribution is -2.90. The van der Waals surface area contributed by atoms with Gasteiger partial charge in [0.25, 0.3) is 5.84 Å². The van der Waals surface area contributed by atoms with Gasteiger partial charge in [-0.05, 0) is 18.1 Å². The minimum Gasteiger partial charge on any atom is -0.317 e. The van der Waals surface area contributed by atoms with E-state index in [-0.39, 0.29) is 5.84 Å². The molecule has 0 unspecified atom stereocenters.